The Morgan fingerprint density at radius 2 is 2.11 bits per heavy atom. The van der Waals surface area contributed by atoms with Gasteiger partial charge in [0.05, 0.1) is 6.54 Å². The summed E-state index contributed by atoms with van der Waals surface area (Å²) in [6.07, 6.45) is -2.54. The van der Waals surface area contributed by atoms with E-state index in [4.69, 9.17) is 0 Å². The molecule has 0 saturated carbocycles. The predicted molar refractivity (Wildman–Crippen MR) is 71.6 cm³/mol. The number of halogens is 2. The van der Waals surface area contributed by atoms with Crippen molar-refractivity contribution in [1.82, 2.24) is 10.2 Å². The Bertz CT molecular complexity index is 426. The molecule has 2 N–H and O–H groups in total. The molecule has 0 bridgehead atoms. The van der Waals surface area contributed by atoms with Crippen LogP contribution in [0.25, 0.3) is 0 Å². The lowest BCUT2D eigenvalue weighted by atomic mass is 10.1. The molecule has 1 unspecified atom stereocenters. The largest absolute Gasteiger partial charge is 0.322 e. The van der Waals surface area contributed by atoms with Gasteiger partial charge in [0.2, 0.25) is 0 Å². The molecule has 0 fully saturated rings. The number of rotatable bonds is 5. The second-order valence-corrected chi connectivity index (χ2v) is 4.34. The third-order valence-corrected chi connectivity index (χ3v) is 2.83. The maximum atomic E-state index is 12.2. The second-order valence-electron chi connectivity index (χ2n) is 4.34. The molecule has 0 radical (unpaired) electrons. The first-order valence-corrected chi connectivity index (χ1v) is 6.01. The molecule has 0 saturated heterocycles. The fraction of sp³-hybridized carbons (Fsp3) is 0.462. The summed E-state index contributed by atoms with van der Waals surface area (Å²) in [5.41, 5.74) is 1.60. The maximum absolute atomic E-state index is 12.2. The fourth-order valence-electron chi connectivity index (χ4n) is 1.56. The molecule has 1 rings (SSSR count). The fourth-order valence-corrected chi connectivity index (χ4v) is 1.56. The summed E-state index contributed by atoms with van der Waals surface area (Å²) in [5, 5.41) is 5.68. The molecular weight excluding hydrogens is 252 g/mol. The van der Waals surface area contributed by atoms with Crippen molar-refractivity contribution >= 4 is 11.7 Å². The van der Waals surface area contributed by atoms with E-state index in [1.54, 1.807) is 6.07 Å². The Hall–Kier alpha value is -1.69. The summed E-state index contributed by atoms with van der Waals surface area (Å²) in [4.78, 5) is 12.6. The lowest BCUT2D eigenvalue weighted by molar-refractivity contribution is 0.111. The topological polar surface area (TPSA) is 44.4 Å². The Kier molecular flexibility index (Phi) is 5.69. The van der Waals surface area contributed by atoms with Crippen molar-refractivity contribution in [1.29, 1.82) is 0 Å². The van der Waals surface area contributed by atoms with Gasteiger partial charge in [0, 0.05) is 18.8 Å². The van der Waals surface area contributed by atoms with Crippen molar-refractivity contribution in [3.05, 3.63) is 29.8 Å². The summed E-state index contributed by atoms with van der Waals surface area (Å²) < 4.78 is 24.3. The van der Waals surface area contributed by atoms with Gasteiger partial charge in [-0.15, -0.1) is 0 Å². The highest BCUT2D eigenvalue weighted by atomic mass is 19.3. The van der Waals surface area contributed by atoms with Crippen LogP contribution in [0, 0.1) is 0 Å². The minimum atomic E-state index is -2.54. The molecule has 1 aromatic rings. The molecular formula is C13H19F2N3O. The molecule has 0 aromatic heterocycles. The van der Waals surface area contributed by atoms with E-state index in [2.05, 4.69) is 10.6 Å². The number of carbonyl (C=O) groups is 1. The van der Waals surface area contributed by atoms with E-state index < -0.39 is 19.0 Å². The van der Waals surface area contributed by atoms with E-state index in [-0.39, 0.29) is 6.04 Å². The molecule has 1 atom stereocenters. The van der Waals surface area contributed by atoms with Gasteiger partial charge in [0.15, 0.2) is 0 Å². The van der Waals surface area contributed by atoms with Crippen LogP contribution in [0.2, 0.25) is 0 Å². The molecule has 0 spiro atoms. The van der Waals surface area contributed by atoms with Gasteiger partial charge in [-0.2, -0.15) is 0 Å². The van der Waals surface area contributed by atoms with Crippen LogP contribution in [0.3, 0.4) is 0 Å². The van der Waals surface area contributed by atoms with Gasteiger partial charge in [-0.1, -0.05) is 12.1 Å². The normalized spacial score (nSPS) is 12.3. The van der Waals surface area contributed by atoms with Gasteiger partial charge in [0.25, 0.3) is 6.43 Å². The van der Waals surface area contributed by atoms with Crippen molar-refractivity contribution in [2.45, 2.75) is 19.4 Å². The first-order valence-electron chi connectivity index (χ1n) is 6.01. The number of amides is 2. The summed E-state index contributed by atoms with van der Waals surface area (Å²) in [7, 11) is 3.17. The van der Waals surface area contributed by atoms with Crippen LogP contribution in [-0.2, 0) is 0 Å². The third-order valence-electron chi connectivity index (χ3n) is 2.83. The Morgan fingerprint density at radius 3 is 2.68 bits per heavy atom. The number of benzene rings is 1. The van der Waals surface area contributed by atoms with E-state index in [1.807, 2.05) is 32.2 Å². The summed E-state index contributed by atoms with van der Waals surface area (Å²) in [5.74, 6) is 0. The summed E-state index contributed by atoms with van der Waals surface area (Å²) in [6.45, 7) is 1.41. The van der Waals surface area contributed by atoms with Crippen LogP contribution < -0.4 is 10.6 Å². The Labute approximate surface area is 111 Å². The van der Waals surface area contributed by atoms with Gasteiger partial charge in [-0.05, 0) is 31.7 Å². The smallest absolute Gasteiger partial charge is 0.321 e. The molecule has 0 aliphatic carbocycles. The SMILES string of the molecule is CNC(C)c1cccc(NC(=O)N(C)CC(F)F)c1. The molecule has 0 aliphatic heterocycles. The number of anilines is 1. The van der Waals surface area contributed by atoms with Crippen molar-refractivity contribution in [2.75, 3.05) is 26.0 Å². The zero-order valence-corrected chi connectivity index (χ0v) is 11.3. The summed E-state index contributed by atoms with van der Waals surface area (Å²) in [6, 6.07) is 6.88. The van der Waals surface area contributed by atoms with E-state index in [0.717, 1.165) is 10.5 Å². The average molecular weight is 271 g/mol. The van der Waals surface area contributed by atoms with E-state index >= 15 is 0 Å². The Morgan fingerprint density at radius 1 is 1.42 bits per heavy atom. The van der Waals surface area contributed by atoms with Gasteiger partial charge in [-0.25, -0.2) is 13.6 Å². The number of nitrogens with zero attached hydrogens (tertiary/aromatic N) is 1. The van der Waals surface area contributed by atoms with Crippen molar-refractivity contribution in [2.24, 2.45) is 0 Å². The first-order chi connectivity index (χ1) is 8.93. The van der Waals surface area contributed by atoms with Crippen molar-refractivity contribution in [3.63, 3.8) is 0 Å². The molecule has 0 heterocycles. The highest BCUT2D eigenvalue weighted by Crippen LogP contribution is 2.17. The average Bonchev–Trinajstić information content (AvgIpc) is 2.37. The zero-order valence-electron chi connectivity index (χ0n) is 11.3. The predicted octanol–water partition coefficient (Wildman–Crippen LogP) is 2.70. The van der Waals surface area contributed by atoms with Gasteiger partial charge in [0.1, 0.15) is 0 Å². The molecule has 2 amide bonds. The van der Waals surface area contributed by atoms with Crippen LogP contribution in [0.5, 0.6) is 0 Å². The van der Waals surface area contributed by atoms with E-state index in [1.165, 1.54) is 7.05 Å². The van der Waals surface area contributed by atoms with Crippen LogP contribution in [-0.4, -0.2) is 38.0 Å². The maximum Gasteiger partial charge on any atom is 0.321 e. The number of hydrogen-bond donors (Lipinski definition) is 2. The molecule has 1 aromatic carbocycles. The molecule has 19 heavy (non-hydrogen) atoms. The van der Waals surface area contributed by atoms with E-state index in [9.17, 15) is 13.6 Å². The number of urea groups is 1. The summed E-state index contributed by atoms with van der Waals surface area (Å²) >= 11 is 0. The zero-order chi connectivity index (χ0) is 14.4. The number of alkyl halides is 2. The van der Waals surface area contributed by atoms with Crippen molar-refractivity contribution in [3.8, 4) is 0 Å². The highest BCUT2D eigenvalue weighted by Gasteiger charge is 2.14. The van der Waals surface area contributed by atoms with Gasteiger partial charge < -0.3 is 15.5 Å². The monoisotopic (exact) mass is 271 g/mol. The number of carbonyl (C=O) groups excluding carboxylic acids is 1. The van der Waals surface area contributed by atoms with Crippen LogP contribution in [0.15, 0.2) is 24.3 Å². The minimum absolute atomic E-state index is 0.149. The molecule has 4 nitrogen and oxygen atoms in total. The molecule has 106 valence electrons. The lowest BCUT2D eigenvalue weighted by Crippen LogP contribution is -2.34. The van der Waals surface area contributed by atoms with Crippen LogP contribution in [0.4, 0.5) is 19.3 Å². The number of nitrogens with one attached hydrogen (secondary N) is 2. The first kappa shape index (κ1) is 15.4. The number of hydrogen-bond acceptors (Lipinski definition) is 2. The lowest BCUT2D eigenvalue weighted by Gasteiger charge is -2.18. The standard InChI is InChI=1S/C13H19F2N3O/c1-9(16-2)10-5-4-6-11(7-10)17-13(19)18(3)8-12(14)15/h4-7,9,12,16H,8H2,1-3H3,(H,17,19). The second kappa shape index (κ2) is 7.04. The van der Waals surface area contributed by atoms with E-state index in [0.29, 0.717) is 5.69 Å². The molecule has 6 heteroatoms. The van der Waals surface area contributed by atoms with Crippen LogP contribution in [0.1, 0.15) is 18.5 Å². The van der Waals surface area contributed by atoms with Crippen LogP contribution >= 0.6 is 0 Å². The quantitative estimate of drug-likeness (QED) is 0.864. The third kappa shape index (κ3) is 4.82. The minimum Gasteiger partial charge on any atom is -0.322 e. The van der Waals surface area contributed by atoms with Crippen molar-refractivity contribution < 1.29 is 13.6 Å². The molecule has 0 aliphatic rings. The van der Waals surface area contributed by atoms with Gasteiger partial charge >= 0.3 is 6.03 Å². The van der Waals surface area contributed by atoms with Gasteiger partial charge in [-0.3, -0.25) is 0 Å². The highest BCUT2D eigenvalue weighted by molar-refractivity contribution is 5.89. The Balaban J connectivity index is 2.69.